The Morgan fingerprint density at radius 3 is 2.56 bits per heavy atom. The molecule has 0 spiro atoms. The van der Waals surface area contributed by atoms with E-state index >= 15 is 0 Å². The summed E-state index contributed by atoms with van der Waals surface area (Å²) in [6, 6.07) is 7.96. The minimum Gasteiger partial charge on any atom is -0.345 e. The average Bonchev–Trinajstić information content (AvgIpc) is 3.30. The zero-order valence-corrected chi connectivity index (χ0v) is 14.6. The molecule has 1 amide bonds. The highest BCUT2D eigenvalue weighted by atomic mass is 16.1. The highest BCUT2D eigenvalue weighted by molar-refractivity contribution is 5.94. The van der Waals surface area contributed by atoms with Crippen LogP contribution in [-0.4, -0.2) is 38.7 Å². The van der Waals surface area contributed by atoms with Crippen LogP contribution in [0.2, 0.25) is 0 Å². The SMILES string of the molecule is O=C(NCc1nnc2n1CCCC2)c1ccc(CN2CCCC2)cc1. The molecule has 0 radical (unpaired) electrons. The first-order valence-electron chi connectivity index (χ1n) is 9.30. The van der Waals surface area contributed by atoms with Crippen molar-refractivity contribution in [2.24, 2.45) is 0 Å². The van der Waals surface area contributed by atoms with E-state index in [1.165, 1.54) is 37.9 Å². The van der Waals surface area contributed by atoms with Crippen LogP contribution < -0.4 is 5.32 Å². The van der Waals surface area contributed by atoms with E-state index < -0.39 is 0 Å². The van der Waals surface area contributed by atoms with Crippen molar-refractivity contribution in [2.45, 2.75) is 51.7 Å². The molecule has 6 heteroatoms. The smallest absolute Gasteiger partial charge is 0.251 e. The molecule has 4 rings (SSSR count). The van der Waals surface area contributed by atoms with E-state index in [-0.39, 0.29) is 5.91 Å². The lowest BCUT2D eigenvalue weighted by Gasteiger charge is -2.15. The van der Waals surface area contributed by atoms with Gasteiger partial charge >= 0.3 is 0 Å². The molecular weight excluding hydrogens is 314 g/mol. The minimum atomic E-state index is -0.0547. The van der Waals surface area contributed by atoms with E-state index in [1.807, 2.05) is 12.1 Å². The van der Waals surface area contributed by atoms with Gasteiger partial charge in [0.15, 0.2) is 5.82 Å². The monoisotopic (exact) mass is 339 g/mol. The van der Waals surface area contributed by atoms with Gasteiger partial charge < -0.3 is 9.88 Å². The molecule has 0 atom stereocenters. The van der Waals surface area contributed by atoms with Crippen molar-refractivity contribution in [3.8, 4) is 0 Å². The standard InChI is InChI=1S/C19H25N5O/c25-19(20-13-18-22-21-17-5-1-2-12-24(17)18)16-8-6-15(7-9-16)14-23-10-3-4-11-23/h6-9H,1-5,10-14H2,(H,20,25). The van der Waals surface area contributed by atoms with Crippen molar-refractivity contribution in [2.75, 3.05) is 13.1 Å². The summed E-state index contributed by atoms with van der Waals surface area (Å²) < 4.78 is 2.14. The van der Waals surface area contributed by atoms with E-state index in [4.69, 9.17) is 0 Å². The molecule has 6 nitrogen and oxygen atoms in total. The summed E-state index contributed by atoms with van der Waals surface area (Å²) >= 11 is 0. The number of nitrogens with zero attached hydrogens (tertiary/aromatic N) is 4. The van der Waals surface area contributed by atoms with Gasteiger partial charge in [-0.05, 0) is 56.5 Å². The lowest BCUT2D eigenvalue weighted by atomic mass is 10.1. The van der Waals surface area contributed by atoms with E-state index in [0.717, 1.165) is 37.6 Å². The predicted octanol–water partition coefficient (Wildman–Crippen LogP) is 2.14. The molecule has 1 saturated heterocycles. The first-order valence-corrected chi connectivity index (χ1v) is 9.30. The average molecular weight is 339 g/mol. The second-order valence-corrected chi connectivity index (χ2v) is 7.00. The Morgan fingerprint density at radius 2 is 1.76 bits per heavy atom. The van der Waals surface area contributed by atoms with Crippen LogP contribution in [0.4, 0.5) is 0 Å². The molecule has 2 aliphatic heterocycles. The summed E-state index contributed by atoms with van der Waals surface area (Å²) in [5, 5.41) is 11.4. The molecule has 2 aliphatic rings. The fourth-order valence-corrected chi connectivity index (χ4v) is 3.72. The van der Waals surface area contributed by atoms with Crippen LogP contribution in [0.3, 0.4) is 0 Å². The molecule has 0 saturated carbocycles. The normalized spacial score (nSPS) is 17.4. The molecule has 1 aromatic carbocycles. The molecule has 0 bridgehead atoms. The van der Waals surface area contributed by atoms with E-state index in [1.54, 1.807) is 0 Å². The maximum Gasteiger partial charge on any atom is 0.251 e. The second-order valence-electron chi connectivity index (χ2n) is 7.00. The number of hydrogen-bond donors (Lipinski definition) is 1. The Bertz CT molecular complexity index is 731. The summed E-state index contributed by atoms with van der Waals surface area (Å²) in [5.74, 6) is 1.84. The Labute approximate surface area is 148 Å². The van der Waals surface area contributed by atoms with Crippen molar-refractivity contribution < 1.29 is 4.79 Å². The molecular formula is C19H25N5O. The fourth-order valence-electron chi connectivity index (χ4n) is 3.72. The number of amides is 1. The third-order valence-corrected chi connectivity index (χ3v) is 5.16. The molecule has 2 aromatic rings. The van der Waals surface area contributed by atoms with Gasteiger partial charge in [-0.2, -0.15) is 0 Å². The maximum atomic E-state index is 12.4. The van der Waals surface area contributed by atoms with Crippen LogP contribution >= 0.6 is 0 Å². The van der Waals surface area contributed by atoms with Gasteiger partial charge in [0.1, 0.15) is 5.82 Å². The van der Waals surface area contributed by atoms with Gasteiger partial charge in [0.05, 0.1) is 6.54 Å². The lowest BCUT2D eigenvalue weighted by Crippen LogP contribution is -2.25. The highest BCUT2D eigenvalue weighted by Crippen LogP contribution is 2.15. The number of aryl methyl sites for hydroxylation is 1. The van der Waals surface area contributed by atoms with Gasteiger partial charge in [-0.25, -0.2) is 0 Å². The van der Waals surface area contributed by atoms with Crippen LogP contribution in [0.25, 0.3) is 0 Å². The van der Waals surface area contributed by atoms with Gasteiger partial charge in [0.25, 0.3) is 5.91 Å². The Hall–Kier alpha value is -2.21. The number of rotatable bonds is 5. The molecule has 0 aliphatic carbocycles. The lowest BCUT2D eigenvalue weighted by molar-refractivity contribution is 0.0949. The van der Waals surface area contributed by atoms with Crippen LogP contribution in [0.5, 0.6) is 0 Å². The zero-order valence-electron chi connectivity index (χ0n) is 14.6. The zero-order chi connectivity index (χ0) is 17.1. The van der Waals surface area contributed by atoms with Crippen LogP contribution in [0.1, 0.15) is 53.3 Å². The number of benzene rings is 1. The van der Waals surface area contributed by atoms with Crippen LogP contribution in [-0.2, 0) is 26.1 Å². The Morgan fingerprint density at radius 1 is 1.00 bits per heavy atom. The van der Waals surface area contributed by atoms with Crippen molar-refractivity contribution in [1.29, 1.82) is 0 Å². The molecule has 1 N–H and O–H groups in total. The first-order chi connectivity index (χ1) is 12.3. The molecule has 25 heavy (non-hydrogen) atoms. The number of carbonyl (C=O) groups excluding carboxylic acids is 1. The summed E-state index contributed by atoms with van der Waals surface area (Å²) in [6.45, 7) is 4.74. The number of nitrogens with one attached hydrogen (secondary N) is 1. The predicted molar refractivity (Wildman–Crippen MR) is 95.1 cm³/mol. The Balaban J connectivity index is 1.34. The largest absolute Gasteiger partial charge is 0.345 e. The second kappa shape index (κ2) is 7.35. The number of hydrogen-bond acceptors (Lipinski definition) is 4. The molecule has 1 aromatic heterocycles. The van der Waals surface area contributed by atoms with E-state index in [0.29, 0.717) is 12.1 Å². The summed E-state index contributed by atoms with van der Waals surface area (Å²) in [4.78, 5) is 14.8. The number of likely N-dealkylation sites (tertiary alicyclic amines) is 1. The quantitative estimate of drug-likeness (QED) is 0.906. The van der Waals surface area contributed by atoms with Gasteiger partial charge in [-0.1, -0.05) is 12.1 Å². The van der Waals surface area contributed by atoms with Gasteiger partial charge in [-0.15, -0.1) is 10.2 Å². The van der Waals surface area contributed by atoms with Crippen LogP contribution in [0, 0.1) is 0 Å². The fraction of sp³-hybridized carbons (Fsp3) is 0.526. The van der Waals surface area contributed by atoms with Crippen molar-refractivity contribution >= 4 is 5.91 Å². The van der Waals surface area contributed by atoms with Gasteiger partial charge in [-0.3, -0.25) is 9.69 Å². The van der Waals surface area contributed by atoms with E-state index in [2.05, 4.69) is 37.1 Å². The Kier molecular flexibility index (Phi) is 4.78. The van der Waals surface area contributed by atoms with Crippen molar-refractivity contribution in [1.82, 2.24) is 25.0 Å². The summed E-state index contributed by atoms with van der Waals surface area (Å²) in [5.41, 5.74) is 1.97. The van der Waals surface area contributed by atoms with Crippen LogP contribution in [0.15, 0.2) is 24.3 Å². The summed E-state index contributed by atoms with van der Waals surface area (Å²) in [6.07, 6.45) is 5.91. The number of fused-ring (bicyclic) bond motifs is 1. The highest BCUT2D eigenvalue weighted by Gasteiger charge is 2.16. The molecule has 3 heterocycles. The minimum absolute atomic E-state index is 0.0547. The summed E-state index contributed by atoms with van der Waals surface area (Å²) in [7, 11) is 0. The molecule has 0 unspecified atom stereocenters. The first kappa shape index (κ1) is 16.3. The topological polar surface area (TPSA) is 63.1 Å². The third kappa shape index (κ3) is 3.74. The molecule has 1 fully saturated rings. The van der Waals surface area contributed by atoms with Crippen molar-refractivity contribution in [3.63, 3.8) is 0 Å². The number of aromatic nitrogens is 3. The van der Waals surface area contributed by atoms with Crippen molar-refractivity contribution in [3.05, 3.63) is 47.0 Å². The van der Waals surface area contributed by atoms with Gasteiger partial charge in [0, 0.05) is 25.1 Å². The number of carbonyl (C=O) groups is 1. The van der Waals surface area contributed by atoms with Gasteiger partial charge in [0.2, 0.25) is 0 Å². The third-order valence-electron chi connectivity index (χ3n) is 5.16. The molecule has 132 valence electrons. The van der Waals surface area contributed by atoms with E-state index in [9.17, 15) is 4.79 Å². The maximum absolute atomic E-state index is 12.4.